The van der Waals surface area contributed by atoms with Gasteiger partial charge in [-0.05, 0) is 37.5 Å². The van der Waals surface area contributed by atoms with Gasteiger partial charge in [-0.25, -0.2) is 4.39 Å². The molecule has 2 nitrogen and oxygen atoms in total. The van der Waals surface area contributed by atoms with Crippen molar-refractivity contribution >= 4 is 0 Å². The molecule has 0 bridgehead atoms. The van der Waals surface area contributed by atoms with Crippen LogP contribution in [0, 0.1) is 17.7 Å². The van der Waals surface area contributed by atoms with E-state index in [2.05, 4.69) is 17.3 Å². The predicted molar refractivity (Wildman–Crippen MR) is 63.9 cm³/mol. The smallest absolute Gasteiger partial charge is 0.123 e. The summed E-state index contributed by atoms with van der Waals surface area (Å²) >= 11 is 0. The summed E-state index contributed by atoms with van der Waals surface area (Å²) in [5.41, 5.74) is 3.84. The Morgan fingerprint density at radius 3 is 2.62 bits per heavy atom. The van der Waals surface area contributed by atoms with E-state index in [0.717, 1.165) is 24.8 Å². The Hall–Kier alpha value is -1.37. The van der Waals surface area contributed by atoms with Gasteiger partial charge in [0.1, 0.15) is 5.82 Å². The van der Waals surface area contributed by atoms with E-state index in [4.69, 9.17) is 5.84 Å². The molecule has 0 aliphatic heterocycles. The van der Waals surface area contributed by atoms with Crippen LogP contribution in [0.25, 0.3) is 0 Å². The number of rotatable bonds is 5. The van der Waals surface area contributed by atoms with Gasteiger partial charge in [0.15, 0.2) is 0 Å². The van der Waals surface area contributed by atoms with E-state index < -0.39 is 0 Å². The molecule has 0 fully saturated rings. The standard InChI is InChI=1S/C13H17FN2/c1-2-3-4-5-13(16-15)10-11-6-8-12(14)9-7-11/h6-9,13,16H,4-5,10,15H2,1H3. The Labute approximate surface area is 96.0 Å². The van der Waals surface area contributed by atoms with Crippen LogP contribution in [0.3, 0.4) is 0 Å². The number of hydrazine groups is 1. The number of nitrogens with one attached hydrogen (secondary N) is 1. The molecule has 1 aromatic carbocycles. The molecule has 3 heteroatoms. The maximum absolute atomic E-state index is 12.7. The van der Waals surface area contributed by atoms with Crippen molar-refractivity contribution in [3.63, 3.8) is 0 Å². The van der Waals surface area contributed by atoms with Crippen LogP contribution in [0.5, 0.6) is 0 Å². The van der Waals surface area contributed by atoms with E-state index in [1.807, 2.05) is 6.92 Å². The van der Waals surface area contributed by atoms with Gasteiger partial charge in [0.25, 0.3) is 0 Å². The van der Waals surface area contributed by atoms with Gasteiger partial charge in [-0.1, -0.05) is 12.1 Å². The van der Waals surface area contributed by atoms with Crippen molar-refractivity contribution in [1.29, 1.82) is 0 Å². The van der Waals surface area contributed by atoms with Crippen molar-refractivity contribution in [2.75, 3.05) is 0 Å². The van der Waals surface area contributed by atoms with Crippen molar-refractivity contribution in [2.24, 2.45) is 5.84 Å². The zero-order valence-corrected chi connectivity index (χ0v) is 9.46. The normalized spacial score (nSPS) is 11.7. The summed E-state index contributed by atoms with van der Waals surface area (Å²) in [6, 6.07) is 6.69. The summed E-state index contributed by atoms with van der Waals surface area (Å²) in [7, 11) is 0. The summed E-state index contributed by atoms with van der Waals surface area (Å²) in [5.74, 6) is 11.1. The number of benzene rings is 1. The number of hydrogen-bond acceptors (Lipinski definition) is 2. The lowest BCUT2D eigenvalue weighted by Gasteiger charge is -2.14. The largest absolute Gasteiger partial charge is 0.271 e. The van der Waals surface area contributed by atoms with Gasteiger partial charge < -0.3 is 0 Å². The first-order valence-electron chi connectivity index (χ1n) is 5.36. The van der Waals surface area contributed by atoms with E-state index >= 15 is 0 Å². The highest BCUT2D eigenvalue weighted by atomic mass is 19.1. The molecule has 0 spiro atoms. The zero-order valence-electron chi connectivity index (χ0n) is 9.46. The van der Waals surface area contributed by atoms with Gasteiger partial charge in [0.2, 0.25) is 0 Å². The molecule has 0 saturated carbocycles. The molecule has 0 heterocycles. The van der Waals surface area contributed by atoms with Crippen LogP contribution in [0.1, 0.15) is 25.3 Å². The summed E-state index contributed by atoms with van der Waals surface area (Å²) in [4.78, 5) is 0. The molecule has 0 saturated heterocycles. The average Bonchev–Trinajstić information content (AvgIpc) is 2.31. The Kier molecular flexibility index (Phi) is 5.55. The Morgan fingerprint density at radius 1 is 1.38 bits per heavy atom. The summed E-state index contributed by atoms with van der Waals surface area (Å²) in [6.45, 7) is 1.82. The Balaban J connectivity index is 2.48. The molecule has 0 aliphatic carbocycles. The lowest BCUT2D eigenvalue weighted by molar-refractivity contribution is 0.497. The third-order valence-electron chi connectivity index (χ3n) is 2.43. The number of halogens is 1. The molecule has 3 N–H and O–H groups in total. The van der Waals surface area contributed by atoms with Crippen molar-refractivity contribution in [2.45, 2.75) is 32.2 Å². The monoisotopic (exact) mass is 220 g/mol. The number of hydrogen-bond donors (Lipinski definition) is 2. The summed E-state index contributed by atoms with van der Waals surface area (Å²) in [5, 5.41) is 0. The van der Waals surface area contributed by atoms with Crippen molar-refractivity contribution in [3.8, 4) is 11.8 Å². The average molecular weight is 220 g/mol. The molecule has 0 radical (unpaired) electrons. The van der Waals surface area contributed by atoms with Crippen molar-refractivity contribution in [3.05, 3.63) is 35.6 Å². The molecule has 16 heavy (non-hydrogen) atoms. The lowest BCUT2D eigenvalue weighted by Crippen LogP contribution is -2.36. The minimum absolute atomic E-state index is 0.186. The van der Waals surface area contributed by atoms with Crippen LogP contribution in [0.2, 0.25) is 0 Å². The van der Waals surface area contributed by atoms with E-state index in [0.29, 0.717) is 0 Å². The lowest BCUT2D eigenvalue weighted by atomic mass is 10.0. The second kappa shape index (κ2) is 7.00. The molecular formula is C13H17FN2. The minimum atomic E-state index is -0.210. The van der Waals surface area contributed by atoms with Crippen LogP contribution >= 0.6 is 0 Å². The topological polar surface area (TPSA) is 38.0 Å². The van der Waals surface area contributed by atoms with Gasteiger partial charge in [0.05, 0.1) is 0 Å². The fourth-order valence-corrected chi connectivity index (χ4v) is 1.52. The molecule has 1 unspecified atom stereocenters. The van der Waals surface area contributed by atoms with E-state index in [1.165, 1.54) is 12.1 Å². The fraction of sp³-hybridized carbons (Fsp3) is 0.385. The van der Waals surface area contributed by atoms with Crippen molar-refractivity contribution in [1.82, 2.24) is 5.43 Å². The number of nitrogens with two attached hydrogens (primary N) is 1. The van der Waals surface area contributed by atoms with Gasteiger partial charge in [-0.15, -0.1) is 11.8 Å². The highest BCUT2D eigenvalue weighted by molar-refractivity contribution is 5.17. The first kappa shape index (κ1) is 12.7. The molecule has 1 aromatic rings. The second-order valence-electron chi connectivity index (χ2n) is 3.66. The molecule has 0 aromatic heterocycles. The Morgan fingerprint density at radius 2 is 2.06 bits per heavy atom. The van der Waals surface area contributed by atoms with Crippen LogP contribution in [-0.2, 0) is 6.42 Å². The molecule has 86 valence electrons. The summed E-state index contributed by atoms with van der Waals surface area (Å²) < 4.78 is 12.7. The molecule has 0 aliphatic rings. The van der Waals surface area contributed by atoms with Gasteiger partial charge in [-0.2, -0.15) is 0 Å². The first-order chi connectivity index (χ1) is 7.76. The van der Waals surface area contributed by atoms with Crippen LogP contribution in [0.4, 0.5) is 4.39 Å². The van der Waals surface area contributed by atoms with Gasteiger partial charge in [0, 0.05) is 12.5 Å². The fourth-order valence-electron chi connectivity index (χ4n) is 1.52. The SMILES string of the molecule is CC#CCCC(Cc1ccc(F)cc1)NN. The first-order valence-corrected chi connectivity index (χ1v) is 5.36. The third-order valence-corrected chi connectivity index (χ3v) is 2.43. The van der Waals surface area contributed by atoms with E-state index in [-0.39, 0.29) is 11.9 Å². The summed E-state index contributed by atoms with van der Waals surface area (Å²) in [6.07, 6.45) is 2.52. The van der Waals surface area contributed by atoms with E-state index in [1.54, 1.807) is 12.1 Å². The quantitative estimate of drug-likeness (QED) is 0.452. The molecule has 0 amide bonds. The van der Waals surface area contributed by atoms with Crippen LogP contribution in [0.15, 0.2) is 24.3 Å². The van der Waals surface area contributed by atoms with E-state index in [9.17, 15) is 4.39 Å². The van der Waals surface area contributed by atoms with Gasteiger partial charge in [-0.3, -0.25) is 11.3 Å². The van der Waals surface area contributed by atoms with Gasteiger partial charge >= 0.3 is 0 Å². The van der Waals surface area contributed by atoms with Crippen LogP contribution < -0.4 is 11.3 Å². The van der Waals surface area contributed by atoms with Crippen LogP contribution in [-0.4, -0.2) is 6.04 Å². The second-order valence-corrected chi connectivity index (χ2v) is 3.66. The highest BCUT2D eigenvalue weighted by Gasteiger charge is 2.06. The Bertz CT molecular complexity index is 362. The van der Waals surface area contributed by atoms with Crippen molar-refractivity contribution < 1.29 is 4.39 Å². The third kappa shape index (κ3) is 4.43. The highest BCUT2D eigenvalue weighted by Crippen LogP contribution is 2.08. The molecule has 1 rings (SSSR count). The minimum Gasteiger partial charge on any atom is -0.271 e. The molecule has 1 atom stereocenters. The predicted octanol–water partition coefficient (Wildman–Crippen LogP) is 2.00. The maximum Gasteiger partial charge on any atom is 0.123 e. The molecular weight excluding hydrogens is 203 g/mol. The zero-order chi connectivity index (χ0) is 11.8. The maximum atomic E-state index is 12.7.